The molecule has 3 nitrogen and oxygen atoms in total. The van der Waals surface area contributed by atoms with Crippen molar-refractivity contribution in [1.29, 1.82) is 0 Å². The van der Waals surface area contributed by atoms with Crippen LogP contribution >= 0.6 is 35.0 Å². The van der Waals surface area contributed by atoms with E-state index in [0.717, 1.165) is 16.8 Å². The molecule has 0 radical (unpaired) electrons. The van der Waals surface area contributed by atoms with Gasteiger partial charge in [0.15, 0.2) is 9.58 Å². The minimum Gasteiger partial charge on any atom is -0.480 e. The number of carboxylic acid groups (broad SMARTS) is 1. The normalized spacial score (nSPS) is 29.0. The Morgan fingerprint density at radius 2 is 1.68 bits per heavy atom. The highest BCUT2D eigenvalue weighted by Gasteiger charge is 2.66. The number of hydrogen-bond acceptors (Lipinski definition) is 3. The topological polar surface area (TPSA) is 40.5 Å². The second-order valence-corrected chi connectivity index (χ2v) is 9.02. The molecule has 1 saturated heterocycles. The van der Waals surface area contributed by atoms with Crippen molar-refractivity contribution >= 4 is 46.6 Å². The van der Waals surface area contributed by atoms with Gasteiger partial charge in [0.2, 0.25) is 0 Å². The quantitative estimate of drug-likeness (QED) is 0.564. The predicted octanol–water partition coefficient (Wildman–Crippen LogP) is 5.31. The third kappa shape index (κ3) is 2.62. The second kappa shape index (κ2) is 6.42. The second-order valence-electron chi connectivity index (χ2n) is 6.32. The third-order valence-corrected chi connectivity index (χ3v) is 7.36. The zero-order valence-electron chi connectivity index (χ0n) is 14.2. The van der Waals surface area contributed by atoms with Crippen LogP contribution < -0.4 is 4.90 Å². The van der Waals surface area contributed by atoms with Crippen molar-refractivity contribution in [2.24, 2.45) is 0 Å². The fourth-order valence-electron chi connectivity index (χ4n) is 3.47. The van der Waals surface area contributed by atoms with Crippen molar-refractivity contribution in [3.63, 3.8) is 0 Å². The van der Waals surface area contributed by atoms with E-state index in [-0.39, 0.29) is 0 Å². The van der Waals surface area contributed by atoms with Crippen LogP contribution in [0.25, 0.3) is 0 Å². The summed E-state index contributed by atoms with van der Waals surface area (Å²) in [4.78, 5) is 12.4. The molecule has 0 bridgehead atoms. The first-order valence-corrected chi connectivity index (χ1v) is 9.58. The zero-order chi connectivity index (χ0) is 18.4. The Labute approximate surface area is 161 Å². The molecule has 1 heterocycles. The van der Waals surface area contributed by atoms with Crippen molar-refractivity contribution in [2.75, 3.05) is 4.90 Å². The summed E-state index contributed by atoms with van der Waals surface area (Å²) in [6.45, 7) is 5.59. The van der Waals surface area contributed by atoms with E-state index in [1.54, 1.807) is 11.8 Å². The summed E-state index contributed by atoms with van der Waals surface area (Å²) in [7, 11) is 0. The smallest absolute Gasteiger partial charge is 0.328 e. The molecule has 0 spiro atoms. The Kier molecular flexibility index (Phi) is 4.73. The molecule has 0 amide bonds. The number of thioether (sulfide) groups is 1. The van der Waals surface area contributed by atoms with Crippen LogP contribution in [-0.4, -0.2) is 20.9 Å². The van der Waals surface area contributed by atoms with Crippen LogP contribution in [0.3, 0.4) is 0 Å². The molecule has 1 N–H and O–H groups in total. The number of alkyl halides is 2. The van der Waals surface area contributed by atoms with Crippen molar-refractivity contribution in [1.82, 2.24) is 0 Å². The van der Waals surface area contributed by atoms with E-state index in [2.05, 4.69) is 0 Å². The first-order chi connectivity index (χ1) is 11.7. The third-order valence-electron chi connectivity index (χ3n) is 4.77. The maximum atomic E-state index is 12.5. The molecule has 3 rings (SSSR count). The number of rotatable bonds is 3. The van der Waals surface area contributed by atoms with E-state index >= 15 is 0 Å². The summed E-state index contributed by atoms with van der Waals surface area (Å²) in [6, 6.07) is 15.2. The van der Waals surface area contributed by atoms with Crippen LogP contribution in [0.5, 0.6) is 0 Å². The molecule has 2 aromatic carbocycles. The fraction of sp³-hybridized carbons (Fsp3) is 0.316. The van der Waals surface area contributed by atoms with Crippen LogP contribution in [0.2, 0.25) is 0 Å². The maximum Gasteiger partial charge on any atom is 0.328 e. The molecular formula is C19H19Cl2NO2S. The van der Waals surface area contributed by atoms with Gasteiger partial charge in [-0.15, -0.1) is 0 Å². The number of anilines is 1. The lowest BCUT2D eigenvalue weighted by atomic mass is 9.86. The summed E-state index contributed by atoms with van der Waals surface area (Å²) in [5.74, 6) is -0.994. The van der Waals surface area contributed by atoms with Crippen LogP contribution in [0.4, 0.5) is 5.69 Å². The van der Waals surface area contributed by atoms with E-state index in [0.29, 0.717) is 5.56 Å². The molecule has 0 saturated carbocycles. The number of nitrogens with zero attached hydrogens (tertiary/aromatic N) is 1. The van der Waals surface area contributed by atoms with E-state index in [4.69, 9.17) is 23.2 Å². The fourth-order valence-corrected chi connectivity index (χ4v) is 6.28. The molecular weight excluding hydrogens is 377 g/mol. The van der Waals surface area contributed by atoms with Gasteiger partial charge >= 0.3 is 5.97 Å². The molecule has 1 aliphatic rings. The number of carboxylic acids is 1. The molecule has 6 heteroatoms. The standard InChI is InChI=1S/C19H19Cl2NO2S/c1-12-8-4-6-10-14(12)19(16(23)24)18(3,21)22(17(20)25-19)15-11-7-5-9-13(15)2/h4-11,17H,1-3H3,(H,23,24). The average molecular weight is 396 g/mol. The summed E-state index contributed by atoms with van der Waals surface area (Å²) < 4.78 is -1.39. The zero-order valence-corrected chi connectivity index (χ0v) is 16.5. The Balaban J connectivity index is 2.25. The molecule has 3 atom stereocenters. The molecule has 0 aliphatic carbocycles. The number of aryl methyl sites for hydroxylation is 2. The highest BCUT2D eigenvalue weighted by Crippen LogP contribution is 2.62. The number of para-hydroxylation sites is 1. The lowest BCUT2D eigenvalue weighted by Crippen LogP contribution is -2.54. The number of aliphatic carboxylic acids is 1. The van der Waals surface area contributed by atoms with Gasteiger partial charge in [-0.2, -0.15) is 0 Å². The van der Waals surface area contributed by atoms with Gasteiger partial charge in [-0.1, -0.05) is 77.4 Å². The number of carbonyl (C=O) groups is 1. The monoisotopic (exact) mass is 395 g/mol. The van der Waals surface area contributed by atoms with Crippen LogP contribution in [0.1, 0.15) is 23.6 Å². The Bertz CT molecular complexity index is 827. The van der Waals surface area contributed by atoms with Crippen LogP contribution in [0.15, 0.2) is 48.5 Å². The first kappa shape index (κ1) is 18.4. The minimum atomic E-state index is -1.39. The Hall–Kier alpha value is -1.36. The molecule has 0 aromatic heterocycles. The van der Waals surface area contributed by atoms with E-state index in [9.17, 15) is 9.90 Å². The summed E-state index contributed by atoms with van der Waals surface area (Å²) >= 11 is 14.8. The summed E-state index contributed by atoms with van der Waals surface area (Å²) in [5, 5.41) is 10.2. The predicted molar refractivity (Wildman–Crippen MR) is 106 cm³/mol. The Morgan fingerprint density at radius 3 is 2.24 bits per heavy atom. The van der Waals surface area contributed by atoms with Gasteiger partial charge < -0.3 is 10.0 Å². The first-order valence-electron chi connectivity index (χ1n) is 7.88. The lowest BCUT2D eigenvalue weighted by Gasteiger charge is -2.41. The Morgan fingerprint density at radius 1 is 1.12 bits per heavy atom. The maximum absolute atomic E-state index is 12.5. The van der Waals surface area contributed by atoms with Gasteiger partial charge in [-0.05, 0) is 43.5 Å². The van der Waals surface area contributed by atoms with E-state index < -0.39 is 20.5 Å². The lowest BCUT2D eigenvalue weighted by molar-refractivity contribution is -0.140. The van der Waals surface area contributed by atoms with Crippen molar-refractivity contribution in [3.05, 3.63) is 65.2 Å². The SMILES string of the molecule is Cc1ccccc1N1C(Cl)SC(C(=O)O)(c2ccccc2C)C1(C)Cl. The van der Waals surface area contributed by atoms with E-state index in [1.165, 1.54) is 11.8 Å². The van der Waals surface area contributed by atoms with Gasteiger partial charge in [-0.3, -0.25) is 4.79 Å². The van der Waals surface area contributed by atoms with Crippen molar-refractivity contribution in [3.8, 4) is 0 Å². The average Bonchev–Trinajstić information content (AvgIpc) is 2.75. The summed E-state index contributed by atoms with van der Waals surface area (Å²) in [6.07, 6.45) is 0. The molecule has 1 fully saturated rings. The highest BCUT2D eigenvalue weighted by molar-refractivity contribution is 8.03. The van der Waals surface area contributed by atoms with Gasteiger partial charge in [0.05, 0.1) is 0 Å². The van der Waals surface area contributed by atoms with E-state index in [1.807, 2.05) is 62.4 Å². The van der Waals surface area contributed by atoms with Crippen LogP contribution in [0, 0.1) is 13.8 Å². The van der Waals surface area contributed by atoms with Crippen molar-refractivity contribution in [2.45, 2.75) is 35.3 Å². The molecule has 1 aliphatic heterocycles. The minimum absolute atomic E-state index is 0.612. The molecule has 3 unspecified atom stereocenters. The molecule has 2 aromatic rings. The number of hydrogen-bond donors (Lipinski definition) is 1. The van der Waals surface area contributed by atoms with Crippen LogP contribution in [-0.2, 0) is 9.54 Å². The van der Waals surface area contributed by atoms with Gasteiger partial charge in [0, 0.05) is 5.69 Å². The summed E-state index contributed by atoms with van der Waals surface area (Å²) in [5.41, 5.74) is 3.38. The van der Waals surface area contributed by atoms with Gasteiger partial charge in [0.25, 0.3) is 0 Å². The molecule has 25 heavy (non-hydrogen) atoms. The largest absolute Gasteiger partial charge is 0.480 e. The van der Waals surface area contributed by atoms with Gasteiger partial charge in [0.1, 0.15) is 5.00 Å². The number of halogens is 2. The molecule has 132 valence electrons. The highest BCUT2D eigenvalue weighted by atomic mass is 35.5. The number of benzene rings is 2. The van der Waals surface area contributed by atoms with Gasteiger partial charge in [-0.25, -0.2) is 0 Å². The van der Waals surface area contributed by atoms with Crippen molar-refractivity contribution < 1.29 is 9.90 Å².